The van der Waals surface area contributed by atoms with E-state index in [0.29, 0.717) is 24.5 Å². The van der Waals surface area contributed by atoms with Crippen LogP contribution in [-0.4, -0.2) is 26.1 Å². The number of rotatable bonds is 7. The van der Waals surface area contributed by atoms with Gasteiger partial charge in [0.1, 0.15) is 5.75 Å². The summed E-state index contributed by atoms with van der Waals surface area (Å²) in [5.74, 6) is 0.806. The van der Waals surface area contributed by atoms with Crippen LogP contribution < -0.4 is 4.74 Å². The molecule has 0 radical (unpaired) electrons. The zero-order chi connectivity index (χ0) is 13.4. The van der Waals surface area contributed by atoms with E-state index in [0.717, 1.165) is 0 Å². The minimum absolute atomic E-state index is 0.158. The molecule has 0 bridgehead atoms. The Hall–Kier alpha value is -1.97. The van der Waals surface area contributed by atoms with Crippen molar-refractivity contribution in [3.8, 4) is 5.75 Å². The van der Waals surface area contributed by atoms with E-state index >= 15 is 0 Å². The van der Waals surface area contributed by atoms with Gasteiger partial charge < -0.3 is 14.2 Å². The van der Waals surface area contributed by atoms with Gasteiger partial charge >= 0.3 is 0 Å². The lowest BCUT2D eigenvalue weighted by Crippen LogP contribution is -2.03. The Balaban J connectivity index is 2.80. The summed E-state index contributed by atoms with van der Waals surface area (Å²) < 4.78 is 15.5. The fourth-order valence-electron chi connectivity index (χ4n) is 1.36. The molecule has 0 unspecified atom stereocenters. The maximum Gasteiger partial charge on any atom is 0.283 e. The molecule has 4 nitrogen and oxygen atoms in total. The minimum Gasteiger partial charge on any atom is -0.497 e. The highest BCUT2D eigenvalue weighted by Gasteiger charge is 2.07. The van der Waals surface area contributed by atoms with E-state index in [1.54, 1.807) is 31.4 Å². The Bertz CT molecular complexity index is 398. The van der Waals surface area contributed by atoms with E-state index in [1.165, 1.54) is 6.08 Å². The van der Waals surface area contributed by atoms with Crippen LogP contribution >= 0.6 is 0 Å². The Morgan fingerprint density at radius 1 is 1.11 bits per heavy atom. The van der Waals surface area contributed by atoms with Crippen molar-refractivity contribution in [3.05, 3.63) is 41.9 Å². The van der Waals surface area contributed by atoms with E-state index in [4.69, 9.17) is 14.2 Å². The number of benzene rings is 1. The lowest BCUT2D eigenvalue weighted by atomic mass is 10.1. The largest absolute Gasteiger partial charge is 0.497 e. The van der Waals surface area contributed by atoms with Crippen molar-refractivity contribution in [3.63, 3.8) is 0 Å². The van der Waals surface area contributed by atoms with Crippen LogP contribution in [0.5, 0.6) is 5.75 Å². The Morgan fingerprint density at radius 2 is 1.67 bits per heavy atom. The third kappa shape index (κ3) is 4.13. The molecule has 0 saturated heterocycles. The summed E-state index contributed by atoms with van der Waals surface area (Å²) >= 11 is 0. The summed E-state index contributed by atoms with van der Waals surface area (Å²) in [6, 6.07) is 6.88. The maximum atomic E-state index is 11.9. The van der Waals surface area contributed by atoms with E-state index < -0.39 is 0 Å². The van der Waals surface area contributed by atoms with Crippen LogP contribution in [0.2, 0.25) is 0 Å². The van der Waals surface area contributed by atoms with Crippen molar-refractivity contribution in [2.24, 2.45) is 0 Å². The number of ether oxygens (including phenoxy) is 3. The fraction of sp³-hybridized carbons (Fsp3) is 0.357. The molecular formula is C14H18O4. The van der Waals surface area contributed by atoms with Crippen molar-refractivity contribution < 1.29 is 19.0 Å². The van der Waals surface area contributed by atoms with Gasteiger partial charge in [-0.15, -0.1) is 0 Å². The van der Waals surface area contributed by atoms with Crippen molar-refractivity contribution in [1.29, 1.82) is 0 Å². The monoisotopic (exact) mass is 250 g/mol. The number of carbonyl (C=O) groups excluding carboxylic acids is 1. The summed E-state index contributed by atoms with van der Waals surface area (Å²) in [6.07, 6.45) is 1.36. The molecule has 4 heteroatoms. The number of methoxy groups -OCH3 is 1. The van der Waals surface area contributed by atoms with Crippen molar-refractivity contribution >= 4 is 5.78 Å². The Kier molecular flexibility index (Phi) is 5.77. The molecule has 1 aromatic rings. The van der Waals surface area contributed by atoms with Crippen LogP contribution in [0.4, 0.5) is 0 Å². The van der Waals surface area contributed by atoms with Crippen LogP contribution in [0.1, 0.15) is 24.2 Å². The summed E-state index contributed by atoms with van der Waals surface area (Å²) in [7, 11) is 1.58. The van der Waals surface area contributed by atoms with Crippen molar-refractivity contribution in [2.75, 3.05) is 20.3 Å². The standard InChI is InChI=1S/C14H18O4/c1-4-17-14(18-5-2)10-13(15)11-6-8-12(16-3)9-7-11/h6-10H,4-5H2,1-3H3. The smallest absolute Gasteiger partial charge is 0.283 e. The van der Waals surface area contributed by atoms with Crippen LogP contribution in [0.15, 0.2) is 36.3 Å². The van der Waals surface area contributed by atoms with E-state index in [2.05, 4.69) is 0 Å². The minimum atomic E-state index is -0.158. The van der Waals surface area contributed by atoms with Crippen LogP contribution in [0, 0.1) is 0 Å². The van der Waals surface area contributed by atoms with Gasteiger partial charge in [-0.25, -0.2) is 0 Å². The summed E-state index contributed by atoms with van der Waals surface area (Å²) in [5.41, 5.74) is 0.563. The third-order valence-electron chi connectivity index (χ3n) is 2.20. The quantitative estimate of drug-likeness (QED) is 0.424. The fourth-order valence-corrected chi connectivity index (χ4v) is 1.36. The second-order valence-corrected chi connectivity index (χ2v) is 3.42. The molecule has 0 amide bonds. The molecule has 0 atom stereocenters. The van der Waals surface area contributed by atoms with Crippen molar-refractivity contribution in [1.82, 2.24) is 0 Å². The number of allylic oxidation sites excluding steroid dienone is 1. The highest BCUT2D eigenvalue weighted by atomic mass is 16.7. The van der Waals surface area contributed by atoms with E-state index in [-0.39, 0.29) is 11.7 Å². The maximum absolute atomic E-state index is 11.9. The molecule has 0 aromatic heterocycles. The van der Waals surface area contributed by atoms with E-state index in [9.17, 15) is 4.79 Å². The highest BCUT2D eigenvalue weighted by molar-refractivity contribution is 6.04. The zero-order valence-corrected chi connectivity index (χ0v) is 10.9. The summed E-state index contributed by atoms with van der Waals surface area (Å²) in [6.45, 7) is 4.60. The second-order valence-electron chi connectivity index (χ2n) is 3.42. The van der Waals surface area contributed by atoms with Crippen LogP contribution in [0.25, 0.3) is 0 Å². The van der Waals surface area contributed by atoms with Gasteiger partial charge in [-0.2, -0.15) is 0 Å². The zero-order valence-electron chi connectivity index (χ0n) is 10.9. The average Bonchev–Trinajstić information content (AvgIpc) is 2.39. The first-order valence-corrected chi connectivity index (χ1v) is 5.87. The number of hydrogen-bond donors (Lipinski definition) is 0. The molecule has 0 aliphatic carbocycles. The van der Waals surface area contributed by atoms with E-state index in [1.807, 2.05) is 13.8 Å². The second kappa shape index (κ2) is 7.37. The highest BCUT2D eigenvalue weighted by Crippen LogP contribution is 2.13. The Morgan fingerprint density at radius 3 is 2.11 bits per heavy atom. The molecule has 0 heterocycles. The first-order chi connectivity index (χ1) is 8.71. The van der Waals surface area contributed by atoms with Gasteiger partial charge in [0, 0.05) is 5.56 Å². The molecule has 0 aliphatic rings. The summed E-state index contributed by atoms with van der Waals surface area (Å²) in [5, 5.41) is 0. The van der Waals surface area contributed by atoms with Gasteiger partial charge in [0.2, 0.25) is 0 Å². The van der Waals surface area contributed by atoms with Gasteiger partial charge in [0.25, 0.3) is 5.95 Å². The lowest BCUT2D eigenvalue weighted by Gasteiger charge is -2.08. The topological polar surface area (TPSA) is 44.8 Å². The number of hydrogen-bond acceptors (Lipinski definition) is 4. The lowest BCUT2D eigenvalue weighted by molar-refractivity contribution is 0.0453. The molecule has 18 heavy (non-hydrogen) atoms. The normalized spacial score (nSPS) is 9.50. The molecule has 0 saturated carbocycles. The van der Waals surface area contributed by atoms with Crippen molar-refractivity contribution in [2.45, 2.75) is 13.8 Å². The third-order valence-corrected chi connectivity index (χ3v) is 2.20. The average molecular weight is 250 g/mol. The molecule has 0 spiro atoms. The molecule has 1 rings (SSSR count). The van der Waals surface area contributed by atoms with Gasteiger partial charge in [-0.1, -0.05) is 0 Å². The first kappa shape index (κ1) is 14.1. The Labute approximate surface area is 107 Å². The predicted molar refractivity (Wildman–Crippen MR) is 68.7 cm³/mol. The molecule has 1 aromatic carbocycles. The molecule has 0 aliphatic heterocycles. The molecular weight excluding hydrogens is 232 g/mol. The van der Waals surface area contributed by atoms with Gasteiger partial charge in [-0.3, -0.25) is 4.79 Å². The van der Waals surface area contributed by atoms with Gasteiger partial charge in [0.15, 0.2) is 5.78 Å². The van der Waals surface area contributed by atoms with Gasteiger partial charge in [0.05, 0.1) is 26.4 Å². The molecule has 0 N–H and O–H groups in total. The number of ketones is 1. The van der Waals surface area contributed by atoms with Crippen LogP contribution in [-0.2, 0) is 9.47 Å². The summed E-state index contributed by atoms with van der Waals surface area (Å²) in [4.78, 5) is 11.9. The molecule has 0 fully saturated rings. The first-order valence-electron chi connectivity index (χ1n) is 5.87. The number of carbonyl (C=O) groups is 1. The van der Waals surface area contributed by atoms with Crippen LogP contribution in [0.3, 0.4) is 0 Å². The predicted octanol–water partition coefficient (Wildman–Crippen LogP) is 2.79. The SMILES string of the molecule is CCOC(=CC(=O)c1ccc(OC)cc1)OCC. The molecule has 98 valence electrons. The van der Waals surface area contributed by atoms with Gasteiger partial charge in [-0.05, 0) is 38.1 Å².